The highest BCUT2D eigenvalue weighted by Gasteiger charge is 2.22. The van der Waals surface area contributed by atoms with Gasteiger partial charge in [-0.25, -0.2) is 13.4 Å². The lowest BCUT2D eigenvalue weighted by Crippen LogP contribution is -2.40. The van der Waals surface area contributed by atoms with Gasteiger partial charge in [-0.15, -0.1) is 0 Å². The second kappa shape index (κ2) is 6.74. The van der Waals surface area contributed by atoms with E-state index in [2.05, 4.69) is 17.2 Å². The van der Waals surface area contributed by atoms with Crippen LogP contribution in [0, 0.1) is 0 Å². The molecule has 2 rings (SSSR count). The zero-order valence-electron chi connectivity index (χ0n) is 11.6. The van der Waals surface area contributed by atoms with Crippen LogP contribution in [0.2, 0.25) is 5.02 Å². The first-order chi connectivity index (χ1) is 9.52. The summed E-state index contributed by atoms with van der Waals surface area (Å²) in [5, 5.41) is 3.91. The normalized spacial score (nSPS) is 18.2. The smallest absolute Gasteiger partial charge is 0.153 e. The van der Waals surface area contributed by atoms with Crippen molar-refractivity contribution in [3.05, 3.63) is 22.8 Å². The minimum Gasteiger partial charge on any atom is -0.355 e. The molecule has 0 atom stereocenters. The fraction of sp³-hybridized carbons (Fsp3) is 0.615. The molecule has 1 saturated heterocycles. The van der Waals surface area contributed by atoms with Gasteiger partial charge in [0.25, 0.3) is 0 Å². The number of nitrogens with one attached hydrogen (secondary N) is 1. The summed E-state index contributed by atoms with van der Waals surface area (Å²) in [4.78, 5) is 6.55. The molecular weight excluding hydrogens is 298 g/mol. The standard InChI is InChI=1S/C13H20ClN3O2S/c1-2-5-15-10-12-11(14)3-4-13(16-12)17-6-8-20(18,19)9-7-17/h3-4,15H,2,5-10H2,1H3. The highest BCUT2D eigenvalue weighted by atomic mass is 35.5. The van der Waals surface area contributed by atoms with Crippen LogP contribution in [0.1, 0.15) is 19.0 Å². The van der Waals surface area contributed by atoms with Crippen molar-refractivity contribution in [2.45, 2.75) is 19.9 Å². The Hall–Kier alpha value is -0.850. The minimum absolute atomic E-state index is 0.195. The van der Waals surface area contributed by atoms with Gasteiger partial charge in [0.2, 0.25) is 0 Å². The maximum absolute atomic E-state index is 11.4. The molecule has 0 unspecified atom stereocenters. The molecule has 112 valence electrons. The topological polar surface area (TPSA) is 62.3 Å². The molecule has 5 nitrogen and oxygen atoms in total. The number of pyridine rings is 1. The van der Waals surface area contributed by atoms with E-state index in [1.54, 1.807) is 0 Å². The summed E-state index contributed by atoms with van der Waals surface area (Å²) in [5.41, 5.74) is 0.811. The number of sulfone groups is 1. The van der Waals surface area contributed by atoms with Gasteiger partial charge in [0.1, 0.15) is 5.82 Å². The molecule has 7 heteroatoms. The highest BCUT2D eigenvalue weighted by molar-refractivity contribution is 7.91. The van der Waals surface area contributed by atoms with Gasteiger partial charge in [0.15, 0.2) is 9.84 Å². The molecule has 0 aromatic carbocycles. The van der Waals surface area contributed by atoms with Crippen LogP contribution < -0.4 is 10.2 Å². The lowest BCUT2D eigenvalue weighted by Gasteiger charge is -2.28. The van der Waals surface area contributed by atoms with Gasteiger partial charge in [0, 0.05) is 19.6 Å². The fourth-order valence-electron chi connectivity index (χ4n) is 2.10. The van der Waals surface area contributed by atoms with E-state index in [1.165, 1.54) is 0 Å². The molecule has 0 spiro atoms. The Bertz CT molecular complexity index is 549. The summed E-state index contributed by atoms with van der Waals surface area (Å²) in [6, 6.07) is 3.68. The summed E-state index contributed by atoms with van der Waals surface area (Å²) < 4.78 is 22.9. The van der Waals surface area contributed by atoms with Crippen LogP contribution in [0.5, 0.6) is 0 Å². The Balaban J connectivity index is 2.07. The Kier molecular flexibility index (Phi) is 5.23. The largest absolute Gasteiger partial charge is 0.355 e. The maximum atomic E-state index is 11.4. The van der Waals surface area contributed by atoms with Crippen LogP contribution in [-0.4, -0.2) is 44.5 Å². The van der Waals surface area contributed by atoms with Gasteiger partial charge in [0.05, 0.1) is 22.2 Å². The lowest BCUT2D eigenvalue weighted by atomic mass is 10.3. The monoisotopic (exact) mass is 317 g/mol. The van der Waals surface area contributed by atoms with Gasteiger partial charge in [-0.3, -0.25) is 0 Å². The Labute approximate surface area is 125 Å². The van der Waals surface area contributed by atoms with Gasteiger partial charge >= 0.3 is 0 Å². The third kappa shape index (κ3) is 4.07. The van der Waals surface area contributed by atoms with Crippen molar-refractivity contribution in [1.82, 2.24) is 10.3 Å². The average Bonchev–Trinajstić information content (AvgIpc) is 2.41. The number of hydrogen-bond donors (Lipinski definition) is 1. The molecule has 1 aromatic rings. The van der Waals surface area contributed by atoms with Crippen LogP contribution in [0.4, 0.5) is 5.82 Å². The van der Waals surface area contributed by atoms with E-state index in [-0.39, 0.29) is 11.5 Å². The first kappa shape index (κ1) is 15.5. The Morgan fingerprint density at radius 3 is 2.70 bits per heavy atom. The predicted molar refractivity (Wildman–Crippen MR) is 82.1 cm³/mol. The summed E-state index contributed by atoms with van der Waals surface area (Å²) in [5.74, 6) is 1.19. The van der Waals surface area contributed by atoms with Gasteiger partial charge in [-0.1, -0.05) is 18.5 Å². The second-order valence-corrected chi connectivity index (χ2v) is 7.62. The van der Waals surface area contributed by atoms with Crippen LogP contribution in [0.15, 0.2) is 12.1 Å². The molecular formula is C13H20ClN3O2S. The number of rotatable bonds is 5. The van der Waals surface area contributed by atoms with Crippen molar-refractivity contribution in [3.8, 4) is 0 Å². The first-order valence-corrected chi connectivity index (χ1v) is 9.03. The molecule has 1 aliphatic rings. The molecule has 1 fully saturated rings. The van der Waals surface area contributed by atoms with Gasteiger partial charge in [-0.05, 0) is 25.1 Å². The number of hydrogen-bond acceptors (Lipinski definition) is 5. The highest BCUT2D eigenvalue weighted by Crippen LogP contribution is 2.20. The third-order valence-corrected chi connectivity index (χ3v) is 5.24. The molecule has 1 aliphatic heterocycles. The van der Waals surface area contributed by atoms with Crippen molar-refractivity contribution in [1.29, 1.82) is 0 Å². The quantitative estimate of drug-likeness (QED) is 0.833. The van der Waals surface area contributed by atoms with Crippen LogP contribution in [-0.2, 0) is 16.4 Å². The molecule has 20 heavy (non-hydrogen) atoms. The van der Waals surface area contributed by atoms with Crippen molar-refractivity contribution in [2.75, 3.05) is 36.0 Å². The average molecular weight is 318 g/mol. The number of anilines is 1. The number of halogens is 1. The molecule has 0 radical (unpaired) electrons. The second-order valence-electron chi connectivity index (χ2n) is 4.91. The van der Waals surface area contributed by atoms with Crippen LogP contribution >= 0.6 is 11.6 Å². The van der Waals surface area contributed by atoms with E-state index in [1.807, 2.05) is 17.0 Å². The molecule has 0 amide bonds. The summed E-state index contributed by atoms with van der Waals surface area (Å²) >= 11 is 6.14. The third-order valence-electron chi connectivity index (χ3n) is 3.29. The maximum Gasteiger partial charge on any atom is 0.153 e. The zero-order valence-corrected chi connectivity index (χ0v) is 13.2. The van der Waals surface area contributed by atoms with E-state index >= 15 is 0 Å². The van der Waals surface area contributed by atoms with E-state index in [0.717, 1.165) is 24.5 Å². The summed E-state index contributed by atoms with van der Waals surface area (Å²) in [6.07, 6.45) is 1.06. The first-order valence-electron chi connectivity index (χ1n) is 6.83. The van der Waals surface area contributed by atoms with Crippen LogP contribution in [0.3, 0.4) is 0 Å². The van der Waals surface area contributed by atoms with Crippen molar-refractivity contribution < 1.29 is 8.42 Å². The van der Waals surface area contributed by atoms with Gasteiger partial charge < -0.3 is 10.2 Å². The van der Waals surface area contributed by atoms with Gasteiger partial charge in [-0.2, -0.15) is 0 Å². The van der Waals surface area contributed by atoms with E-state index in [9.17, 15) is 8.42 Å². The fourth-order valence-corrected chi connectivity index (χ4v) is 3.47. The Morgan fingerprint density at radius 2 is 2.05 bits per heavy atom. The molecule has 0 bridgehead atoms. The number of nitrogens with zero attached hydrogens (tertiary/aromatic N) is 2. The zero-order chi connectivity index (χ0) is 14.6. The lowest BCUT2D eigenvalue weighted by molar-refractivity contribution is 0.586. The van der Waals surface area contributed by atoms with E-state index in [0.29, 0.717) is 24.7 Å². The van der Waals surface area contributed by atoms with Crippen molar-refractivity contribution in [3.63, 3.8) is 0 Å². The molecule has 1 aromatic heterocycles. The number of aromatic nitrogens is 1. The SMILES string of the molecule is CCCNCc1nc(N2CCS(=O)(=O)CC2)ccc1Cl. The van der Waals surface area contributed by atoms with Crippen molar-refractivity contribution in [2.24, 2.45) is 0 Å². The molecule has 1 N–H and O–H groups in total. The summed E-state index contributed by atoms with van der Waals surface area (Å²) in [7, 11) is -2.87. The van der Waals surface area contributed by atoms with Crippen LogP contribution in [0.25, 0.3) is 0 Å². The minimum atomic E-state index is -2.87. The van der Waals surface area contributed by atoms with Crippen molar-refractivity contribution >= 4 is 27.3 Å². The Morgan fingerprint density at radius 1 is 1.35 bits per heavy atom. The molecule has 0 saturated carbocycles. The summed E-state index contributed by atoms with van der Waals surface area (Å²) in [6.45, 7) is 4.65. The van der Waals surface area contributed by atoms with E-state index < -0.39 is 9.84 Å². The van der Waals surface area contributed by atoms with E-state index in [4.69, 9.17) is 11.6 Å². The molecule has 0 aliphatic carbocycles. The molecule has 2 heterocycles. The predicted octanol–water partition coefficient (Wildman–Crippen LogP) is 1.47.